The second-order valence-corrected chi connectivity index (χ2v) is 5.40. The van der Waals surface area contributed by atoms with Crippen molar-refractivity contribution >= 4 is 17.5 Å². The molecule has 1 atom stereocenters. The molecule has 1 heterocycles. The maximum atomic E-state index is 12.2. The van der Waals surface area contributed by atoms with E-state index in [9.17, 15) is 4.79 Å². The molecule has 20 heavy (non-hydrogen) atoms. The molecule has 1 aliphatic rings. The Labute approximate surface area is 124 Å². The first-order chi connectivity index (χ1) is 9.72. The third-order valence-electron chi connectivity index (χ3n) is 3.61. The van der Waals surface area contributed by atoms with E-state index in [2.05, 4.69) is 10.6 Å². The Bertz CT molecular complexity index is 457. The summed E-state index contributed by atoms with van der Waals surface area (Å²) in [5.41, 5.74) is 0.818. The third-order valence-corrected chi connectivity index (χ3v) is 3.97. The van der Waals surface area contributed by atoms with Gasteiger partial charge in [-0.05, 0) is 31.5 Å². The summed E-state index contributed by atoms with van der Waals surface area (Å²) in [5.74, 6) is 0.737. The first-order valence-corrected chi connectivity index (χ1v) is 7.42. The van der Waals surface area contributed by atoms with E-state index in [-0.39, 0.29) is 11.9 Å². The number of rotatable bonds is 4. The Kier molecular flexibility index (Phi) is 5.68. The zero-order valence-corrected chi connectivity index (χ0v) is 12.5. The lowest BCUT2D eigenvalue weighted by atomic mass is 10.1. The van der Waals surface area contributed by atoms with E-state index in [4.69, 9.17) is 16.3 Å². The molecule has 0 spiro atoms. The van der Waals surface area contributed by atoms with Gasteiger partial charge in [-0.2, -0.15) is 0 Å². The number of carbonyl (C=O) groups excluding carboxylic acids is 1. The Morgan fingerprint density at radius 2 is 2.30 bits per heavy atom. The summed E-state index contributed by atoms with van der Waals surface area (Å²) in [4.78, 5) is 12.2. The smallest absolute Gasteiger partial charge is 0.237 e. The zero-order chi connectivity index (χ0) is 14.4. The number of benzene rings is 1. The van der Waals surface area contributed by atoms with Crippen molar-refractivity contribution in [3.8, 4) is 5.75 Å². The standard InChI is InChI=1S/C15H21ClN2O2/c1-20-14-8-5-6-12(16)11(14)10-18-15(19)13-7-3-2-4-9-17-13/h5-6,8,13,17H,2-4,7,9-10H2,1H3,(H,18,19). The van der Waals surface area contributed by atoms with Crippen LogP contribution in [-0.2, 0) is 11.3 Å². The van der Waals surface area contributed by atoms with Crippen LogP contribution < -0.4 is 15.4 Å². The number of hydrogen-bond donors (Lipinski definition) is 2. The van der Waals surface area contributed by atoms with E-state index in [1.54, 1.807) is 13.2 Å². The van der Waals surface area contributed by atoms with Crippen molar-refractivity contribution in [2.45, 2.75) is 38.3 Å². The van der Waals surface area contributed by atoms with Crippen molar-refractivity contribution in [1.82, 2.24) is 10.6 Å². The van der Waals surface area contributed by atoms with Gasteiger partial charge in [0.05, 0.1) is 13.2 Å². The Morgan fingerprint density at radius 3 is 3.10 bits per heavy atom. The minimum atomic E-state index is -0.0917. The van der Waals surface area contributed by atoms with Gasteiger partial charge in [0, 0.05) is 17.1 Å². The van der Waals surface area contributed by atoms with E-state index in [0.29, 0.717) is 17.3 Å². The average molecular weight is 297 g/mol. The summed E-state index contributed by atoms with van der Waals surface area (Å²) in [5, 5.41) is 6.84. The lowest BCUT2D eigenvalue weighted by Crippen LogP contribution is -2.43. The number of carbonyl (C=O) groups is 1. The largest absolute Gasteiger partial charge is 0.496 e. The second kappa shape index (κ2) is 7.50. The van der Waals surface area contributed by atoms with Crippen LogP contribution in [0.2, 0.25) is 5.02 Å². The summed E-state index contributed by atoms with van der Waals surface area (Å²) in [7, 11) is 1.60. The second-order valence-electron chi connectivity index (χ2n) is 4.99. The molecular formula is C15H21ClN2O2. The van der Waals surface area contributed by atoms with Gasteiger partial charge in [-0.25, -0.2) is 0 Å². The summed E-state index contributed by atoms with van der Waals surface area (Å²) < 4.78 is 5.27. The molecule has 0 aliphatic carbocycles. The van der Waals surface area contributed by atoms with Gasteiger partial charge in [0.25, 0.3) is 0 Å². The van der Waals surface area contributed by atoms with E-state index >= 15 is 0 Å². The molecule has 1 aromatic rings. The molecule has 0 radical (unpaired) electrons. The molecule has 1 fully saturated rings. The number of nitrogens with one attached hydrogen (secondary N) is 2. The molecular weight excluding hydrogens is 276 g/mol. The maximum Gasteiger partial charge on any atom is 0.237 e. The van der Waals surface area contributed by atoms with E-state index in [0.717, 1.165) is 31.4 Å². The van der Waals surface area contributed by atoms with Crippen LogP contribution in [0.4, 0.5) is 0 Å². The summed E-state index contributed by atoms with van der Waals surface area (Å²) in [6.07, 6.45) is 4.32. The fourth-order valence-corrected chi connectivity index (χ4v) is 2.69. The van der Waals surface area contributed by atoms with Gasteiger partial charge < -0.3 is 15.4 Å². The molecule has 2 rings (SSSR count). The number of halogens is 1. The molecule has 1 aromatic carbocycles. The molecule has 110 valence electrons. The molecule has 0 saturated carbocycles. The summed E-state index contributed by atoms with van der Waals surface area (Å²) >= 11 is 6.16. The first-order valence-electron chi connectivity index (χ1n) is 7.05. The SMILES string of the molecule is COc1cccc(Cl)c1CNC(=O)C1CCCCCN1. The molecule has 1 aliphatic heterocycles. The Hall–Kier alpha value is -1.26. The van der Waals surface area contributed by atoms with Gasteiger partial charge in [-0.1, -0.05) is 30.5 Å². The number of amides is 1. The van der Waals surface area contributed by atoms with E-state index in [1.165, 1.54) is 6.42 Å². The Morgan fingerprint density at radius 1 is 1.45 bits per heavy atom. The molecule has 5 heteroatoms. The van der Waals surface area contributed by atoms with Gasteiger partial charge >= 0.3 is 0 Å². The first kappa shape index (κ1) is 15.1. The highest BCUT2D eigenvalue weighted by Gasteiger charge is 2.19. The van der Waals surface area contributed by atoms with Crippen LogP contribution in [0.5, 0.6) is 5.75 Å². The molecule has 0 aromatic heterocycles. The van der Waals surface area contributed by atoms with Crippen LogP contribution >= 0.6 is 11.6 Å². The quantitative estimate of drug-likeness (QED) is 0.897. The number of ether oxygens (including phenoxy) is 1. The predicted octanol–water partition coefficient (Wildman–Crippen LogP) is 2.50. The van der Waals surface area contributed by atoms with Crippen molar-refractivity contribution in [1.29, 1.82) is 0 Å². The molecule has 4 nitrogen and oxygen atoms in total. The fourth-order valence-electron chi connectivity index (χ4n) is 2.45. The predicted molar refractivity (Wildman–Crippen MR) is 80.1 cm³/mol. The normalized spacial score (nSPS) is 19.2. The molecule has 0 bridgehead atoms. The molecule has 2 N–H and O–H groups in total. The van der Waals surface area contributed by atoms with Gasteiger partial charge in [0.2, 0.25) is 5.91 Å². The highest BCUT2D eigenvalue weighted by molar-refractivity contribution is 6.31. The van der Waals surface area contributed by atoms with Crippen molar-refractivity contribution in [3.63, 3.8) is 0 Å². The zero-order valence-electron chi connectivity index (χ0n) is 11.7. The topological polar surface area (TPSA) is 50.4 Å². The maximum absolute atomic E-state index is 12.2. The van der Waals surface area contributed by atoms with Gasteiger partial charge in [-0.15, -0.1) is 0 Å². The lowest BCUT2D eigenvalue weighted by Gasteiger charge is -2.17. The van der Waals surface area contributed by atoms with Crippen LogP contribution in [-0.4, -0.2) is 25.6 Å². The van der Waals surface area contributed by atoms with Gasteiger partial charge in [0.15, 0.2) is 0 Å². The van der Waals surface area contributed by atoms with Crippen LogP contribution in [0.1, 0.15) is 31.2 Å². The summed E-state index contributed by atoms with van der Waals surface area (Å²) in [6, 6.07) is 5.39. The van der Waals surface area contributed by atoms with Crippen molar-refractivity contribution in [3.05, 3.63) is 28.8 Å². The average Bonchev–Trinajstić information content (AvgIpc) is 2.74. The molecule has 1 unspecified atom stereocenters. The monoisotopic (exact) mass is 296 g/mol. The number of hydrogen-bond acceptors (Lipinski definition) is 3. The molecule has 1 amide bonds. The van der Waals surface area contributed by atoms with E-state index in [1.807, 2.05) is 12.1 Å². The minimum Gasteiger partial charge on any atom is -0.496 e. The number of methoxy groups -OCH3 is 1. The highest BCUT2D eigenvalue weighted by Crippen LogP contribution is 2.25. The van der Waals surface area contributed by atoms with Crippen LogP contribution in [0.25, 0.3) is 0 Å². The fraction of sp³-hybridized carbons (Fsp3) is 0.533. The molecule has 1 saturated heterocycles. The minimum absolute atomic E-state index is 0.0360. The van der Waals surface area contributed by atoms with Crippen LogP contribution in [0.15, 0.2) is 18.2 Å². The van der Waals surface area contributed by atoms with Crippen molar-refractivity contribution in [2.24, 2.45) is 0 Å². The van der Waals surface area contributed by atoms with Crippen molar-refractivity contribution < 1.29 is 9.53 Å². The Balaban J connectivity index is 1.96. The summed E-state index contributed by atoms with van der Waals surface area (Å²) in [6.45, 7) is 1.30. The van der Waals surface area contributed by atoms with Gasteiger partial charge in [-0.3, -0.25) is 4.79 Å². The lowest BCUT2D eigenvalue weighted by molar-refractivity contribution is -0.123. The van der Waals surface area contributed by atoms with Crippen LogP contribution in [0.3, 0.4) is 0 Å². The highest BCUT2D eigenvalue weighted by atomic mass is 35.5. The van der Waals surface area contributed by atoms with E-state index < -0.39 is 0 Å². The third kappa shape index (κ3) is 3.87. The van der Waals surface area contributed by atoms with Crippen LogP contribution in [0, 0.1) is 0 Å². The van der Waals surface area contributed by atoms with Gasteiger partial charge in [0.1, 0.15) is 5.75 Å². The van der Waals surface area contributed by atoms with Crippen molar-refractivity contribution in [2.75, 3.05) is 13.7 Å².